The van der Waals surface area contributed by atoms with Gasteiger partial charge in [0.1, 0.15) is 11.5 Å². The van der Waals surface area contributed by atoms with Crippen LogP contribution in [0.4, 0.5) is 0 Å². The minimum absolute atomic E-state index is 0.0612. The summed E-state index contributed by atoms with van der Waals surface area (Å²) >= 11 is 0. The van der Waals surface area contributed by atoms with Gasteiger partial charge in [-0.05, 0) is 91.5 Å². The molecular weight excluding hydrogens is 594 g/mol. The SMILES string of the molecule is CCc1nnc(C2(C[C@@H](C)NCC(=O)N3[C@H](C#N)C[C@@H]4C[C@@H]43)c3ccc(C(=O)N(C)C)cc3CCc3cc(C(=O)N(C)C)ccc32)o1. The van der Waals surface area contributed by atoms with Crippen LogP contribution in [0.5, 0.6) is 0 Å². The fourth-order valence-corrected chi connectivity index (χ4v) is 7.55. The number of piperidine rings is 1. The molecule has 1 saturated carbocycles. The molecule has 3 aromatic rings. The van der Waals surface area contributed by atoms with Crippen molar-refractivity contribution in [2.24, 2.45) is 5.92 Å². The predicted octanol–water partition coefficient (Wildman–Crippen LogP) is 3.35. The van der Waals surface area contributed by atoms with Crippen LogP contribution in [0.1, 0.15) is 87.9 Å². The van der Waals surface area contributed by atoms with Crippen molar-refractivity contribution >= 4 is 17.7 Å². The molecule has 1 aromatic heterocycles. The third kappa shape index (κ3) is 5.80. The van der Waals surface area contributed by atoms with E-state index in [1.54, 1.807) is 42.9 Å². The fourth-order valence-electron chi connectivity index (χ4n) is 7.55. The topological polar surface area (TPSA) is 136 Å². The van der Waals surface area contributed by atoms with Crippen LogP contribution in [-0.4, -0.2) is 95.5 Å². The summed E-state index contributed by atoms with van der Waals surface area (Å²) in [4.78, 5) is 44.5. The second-order valence-electron chi connectivity index (χ2n) is 13.6. The number of aryl methyl sites for hydroxylation is 3. The summed E-state index contributed by atoms with van der Waals surface area (Å²) < 4.78 is 6.42. The largest absolute Gasteiger partial charge is 0.424 e. The van der Waals surface area contributed by atoms with E-state index >= 15 is 0 Å². The zero-order valence-corrected chi connectivity index (χ0v) is 28.0. The van der Waals surface area contributed by atoms with E-state index in [2.05, 4.69) is 21.6 Å². The number of amides is 3. The van der Waals surface area contributed by atoms with E-state index in [-0.39, 0.29) is 42.4 Å². The van der Waals surface area contributed by atoms with Crippen molar-refractivity contribution in [1.29, 1.82) is 5.26 Å². The summed E-state index contributed by atoms with van der Waals surface area (Å²) in [6.07, 6.45) is 4.04. The van der Waals surface area contributed by atoms with Gasteiger partial charge in [-0.25, -0.2) is 0 Å². The van der Waals surface area contributed by atoms with Crippen LogP contribution in [0.25, 0.3) is 0 Å². The zero-order valence-electron chi connectivity index (χ0n) is 28.0. The van der Waals surface area contributed by atoms with Gasteiger partial charge in [0, 0.05) is 57.8 Å². The number of hydrogen-bond acceptors (Lipinski definition) is 8. The molecule has 1 aliphatic heterocycles. The van der Waals surface area contributed by atoms with Gasteiger partial charge in [-0.15, -0.1) is 10.2 Å². The molecule has 2 aliphatic carbocycles. The normalized spacial score (nSPS) is 21.0. The second kappa shape index (κ2) is 12.6. The van der Waals surface area contributed by atoms with E-state index in [0.717, 1.165) is 35.1 Å². The first-order valence-electron chi connectivity index (χ1n) is 16.5. The number of rotatable bonds is 9. The number of carbonyl (C=O) groups is 3. The molecule has 11 heteroatoms. The van der Waals surface area contributed by atoms with Crippen LogP contribution < -0.4 is 5.32 Å². The number of likely N-dealkylation sites (tertiary alicyclic amines) is 1. The van der Waals surface area contributed by atoms with Gasteiger partial charge in [0.25, 0.3) is 11.8 Å². The van der Waals surface area contributed by atoms with Crippen molar-refractivity contribution in [3.8, 4) is 6.07 Å². The van der Waals surface area contributed by atoms with Gasteiger partial charge in [0.2, 0.25) is 17.7 Å². The summed E-state index contributed by atoms with van der Waals surface area (Å²) in [6.45, 7) is 4.11. The molecule has 11 nitrogen and oxygen atoms in total. The van der Waals surface area contributed by atoms with Crippen molar-refractivity contribution in [3.63, 3.8) is 0 Å². The highest BCUT2D eigenvalue weighted by Crippen LogP contribution is 2.49. The molecule has 0 unspecified atom stereocenters. The Hall–Kier alpha value is -4.56. The van der Waals surface area contributed by atoms with Crippen molar-refractivity contribution in [2.75, 3.05) is 34.7 Å². The van der Waals surface area contributed by atoms with Crippen molar-refractivity contribution < 1.29 is 18.8 Å². The monoisotopic (exact) mass is 637 g/mol. The second-order valence-corrected chi connectivity index (χ2v) is 13.6. The number of nitrogens with zero attached hydrogens (tertiary/aromatic N) is 6. The summed E-state index contributed by atoms with van der Waals surface area (Å²) in [6, 6.07) is 13.6. The van der Waals surface area contributed by atoms with Crippen LogP contribution in [-0.2, 0) is 29.5 Å². The molecule has 3 aliphatic rings. The number of hydrogen-bond donors (Lipinski definition) is 1. The van der Waals surface area contributed by atoms with Crippen LogP contribution in [0.2, 0.25) is 0 Å². The molecule has 1 N–H and O–H groups in total. The number of nitrogens with one attached hydrogen (secondary N) is 1. The Bertz CT molecular complexity index is 1680. The van der Waals surface area contributed by atoms with Gasteiger partial charge in [0.15, 0.2) is 0 Å². The number of fused-ring (bicyclic) bond motifs is 3. The summed E-state index contributed by atoms with van der Waals surface area (Å²) in [7, 11) is 6.95. The summed E-state index contributed by atoms with van der Waals surface area (Å²) in [5, 5.41) is 22.1. The smallest absolute Gasteiger partial charge is 0.253 e. The highest BCUT2D eigenvalue weighted by atomic mass is 16.4. The van der Waals surface area contributed by atoms with E-state index in [1.807, 2.05) is 50.2 Å². The van der Waals surface area contributed by atoms with E-state index in [9.17, 15) is 19.6 Å². The summed E-state index contributed by atoms with van der Waals surface area (Å²) in [5.41, 5.74) is 4.12. The Morgan fingerprint density at radius 3 is 2.11 bits per heavy atom. The Morgan fingerprint density at radius 1 is 1.00 bits per heavy atom. The lowest BCUT2D eigenvalue weighted by Crippen LogP contribution is -2.46. The molecule has 2 fully saturated rings. The molecule has 0 spiro atoms. The Labute approximate surface area is 275 Å². The highest BCUT2D eigenvalue weighted by molar-refractivity contribution is 5.95. The minimum atomic E-state index is -0.944. The van der Waals surface area contributed by atoms with E-state index < -0.39 is 5.41 Å². The van der Waals surface area contributed by atoms with Crippen molar-refractivity contribution in [3.05, 3.63) is 81.6 Å². The zero-order chi connectivity index (χ0) is 33.6. The average molecular weight is 638 g/mol. The van der Waals surface area contributed by atoms with E-state index in [4.69, 9.17) is 4.42 Å². The van der Waals surface area contributed by atoms with Crippen molar-refractivity contribution in [1.82, 2.24) is 30.2 Å². The number of nitriles is 1. The average Bonchev–Trinajstić information content (AvgIpc) is 3.50. The summed E-state index contributed by atoms with van der Waals surface area (Å²) in [5.74, 6) is 1.15. The van der Waals surface area contributed by atoms with Gasteiger partial charge < -0.3 is 24.4 Å². The number of benzene rings is 2. The van der Waals surface area contributed by atoms with E-state index in [0.29, 0.717) is 54.5 Å². The molecular formula is C36H43N7O4. The van der Waals surface area contributed by atoms with Crippen LogP contribution in [0.3, 0.4) is 0 Å². The van der Waals surface area contributed by atoms with Gasteiger partial charge in [-0.1, -0.05) is 19.1 Å². The van der Waals surface area contributed by atoms with Gasteiger partial charge in [-0.2, -0.15) is 5.26 Å². The predicted molar refractivity (Wildman–Crippen MR) is 175 cm³/mol. The molecule has 2 heterocycles. The quantitative estimate of drug-likeness (QED) is 0.378. The molecule has 47 heavy (non-hydrogen) atoms. The van der Waals surface area contributed by atoms with Crippen LogP contribution >= 0.6 is 0 Å². The maximum absolute atomic E-state index is 13.4. The van der Waals surface area contributed by atoms with Crippen LogP contribution in [0.15, 0.2) is 40.8 Å². The first-order valence-corrected chi connectivity index (χ1v) is 16.5. The molecule has 3 amide bonds. The molecule has 0 bridgehead atoms. The van der Waals surface area contributed by atoms with Gasteiger partial charge >= 0.3 is 0 Å². The Morgan fingerprint density at radius 2 is 1.60 bits per heavy atom. The lowest BCUT2D eigenvalue weighted by molar-refractivity contribution is -0.131. The maximum Gasteiger partial charge on any atom is 0.253 e. The molecule has 246 valence electrons. The molecule has 2 aromatic carbocycles. The maximum atomic E-state index is 13.4. The van der Waals surface area contributed by atoms with Gasteiger partial charge in [-0.3, -0.25) is 14.4 Å². The lowest BCUT2D eigenvalue weighted by Gasteiger charge is -2.36. The van der Waals surface area contributed by atoms with Crippen molar-refractivity contribution in [2.45, 2.75) is 75.9 Å². The molecule has 6 rings (SSSR count). The van der Waals surface area contributed by atoms with E-state index in [1.165, 1.54) is 0 Å². The molecule has 4 atom stereocenters. The first-order chi connectivity index (χ1) is 22.5. The van der Waals surface area contributed by atoms with Crippen LogP contribution in [0, 0.1) is 17.2 Å². The highest BCUT2D eigenvalue weighted by Gasteiger charge is 2.54. The first kappa shape index (κ1) is 32.4. The Kier molecular flexibility index (Phi) is 8.66. The minimum Gasteiger partial charge on any atom is -0.424 e. The Balaban J connectivity index is 1.45. The third-order valence-electron chi connectivity index (χ3n) is 9.99. The molecule has 1 saturated heterocycles. The fraction of sp³-hybridized carbons (Fsp3) is 0.500. The number of carbonyl (C=O) groups excluding carboxylic acids is 3. The lowest BCUT2D eigenvalue weighted by atomic mass is 9.68. The third-order valence-corrected chi connectivity index (χ3v) is 9.99. The standard InChI is InChI=1S/C36H43N7O4/c1-7-31-39-40-35(47-31)36(18-21(2)38-20-32(44)43-27(19-37)16-26-17-30(26)43)28-12-10-24(33(45)41(3)4)14-22(28)8-9-23-15-25(11-13-29(23)36)34(46)42(5)6/h10-15,21,26-27,30,38H,7-9,16-18,20H2,1-6H3/t21-,26-,27+,30+/m1/s1. The number of aromatic nitrogens is 2. The van der Waals surface area contributed by atoms with Gasteiger partial charge in [0.05, 0.1) is 12.6 Å². The molecule has 0 radical (unpaired) electrons.